The molecule has 0 bridgehead atoms. The summed E-state index contributed by atoms with van der Waals surface area (Å²) in [4.78, 5) is 16.5. The van der Waals surface area contributed by atoms with Crippen molar-refractivity contribution < 1.29 is 9.53 Å². The number of amides is 1. The van der Waals surface area contributed by atoms with Crippen LogP contribution in [-0.4, -0.2) is 18.7 Å². The molecular weight excluding hydrogens is 252 g/mol. The number of hydrogen-bond donors (Lipinski definition) is 1. The zero-order chi connectivity index (χ0) is 14.1. The SMILES string of the molecule is COc1ccccc1N=C1C(=O)Nc2ccc(C)cc21. The van der Waals surface area contributed by atoms with Gasteiger partial charge in [0.2, 0.25) is 0 Å². The Hall–Kier alpha value is -2.62. The summed E-state index contributed by atoms with van der Waals surface area (Å²) in [6.45, 7) is 1.99. The molecule has 4 nitrogen and oxygen atoms in total. The summed E-state index contributed by atoms with van der Waals surface area (Å²) in [7, 11) is 1.59. The molecule has 0 saturated carbocycles. The molecular formula is C16H14N2O2. The number of ether oxygens (including phenoxy) is 1. The summed E-state index contributed by atoms with van der Waals surface area (Å²) in [6, 6.07) is 13.2. The molecule has 2 aromatic rings. The van der Waals surface area contributed by atoms with Gasteiger partial charge >= 0.3 is 0 Å². The lowest BCUT2D eigenvalue weighted by molar-refractivity contribution is -0.110. The average molecular weight is 266 g/mol. The van der Waals surface area contributed by atoms with Gasteiger partial charge in [-0.3, -0.25) is 4.79 Å². The van der Waals surface area contributed by atoms with Crippen LogP contribution in [0.25, 0.3) is 0 Å². The van der Waals surface area contributed by atoms with E-state index in [2.05, 4.69) is 10.3 Å². The van der Waals surface area contributed by atoms with Gasteiger partial charge in [-0.2, -0.15) is 0 Å². The van der Waals surface area contributed by atoms with E-state index in [1.807, 2.05) is 49.4 Å². The van der Waals surface area contributed by atoms with Gasteiger partial charge in [0.05, 0.1) is 12.8 Å². The van der Waals surface area contributed by atoms with E-state index in [-0.39, 0.29) is 5.91 Å². The number of methoxy groups -OCH3 is 1. The van der Waals surface area contributed by atoms with Gasteiger partial charge in [0.25, 0.3) is 5.91 Å². The molecule has 0 unspecified atom stereocenters. The molecule has 1 N–H and O–H groups in total. The first-order chi connectivity index (χ1) is 9.69. The fourth-order valence-electron chi connectivity index (χ4n) is 2.22. The molecule has 1 aliphatic rings. The average Bonchev–Trinajstić information content (AvgIpc) is 2.76. The lowest BCUT2D eigenvalue weighted by atomic mass is 10.1. The van der Waals surface area contributed by atoms with Gasteiger partial charge in [0.1, 0.15) is 17.1 Å². The van der Waals surface area contributed by atoms with Gasteiger partial charge in [-0.1, -0.05) is 23.8 Å². The highest BCUT2D eigenvalue weighted by Crippen LogP contribution is 2.31. The first-order valence-corrected chi connectivity index (χ1v) is 6.33. The van der Waals surface area contributed by atoms with Crippen LogP contribution in [0, 0.1) is 6.92 Å². The molecule has 100 valence electrons. The van der Waals surface area contributed by atoms with E-state index in [1.165, 1.54) is 0 Å². The van der Waals surface area contributed by atoms with Crippen molar-refractivity contribution in [2.75, 3.05) is 12.4 Å². The maximum absolute atomic E-state index is 12.1. The number of nitrogens with one attached hydrogen (secondary N) is 1. The second kappa shape index (κ2) is 4.81. The molecule has 0 aromatic heterocycles. The minimum absolute atomic E-state index is 0.184. The summed E-state index contributed by atoms with van der Waals surface area (Å²) in [5.41, 5.74) is 3.80. The number of aryl methyl sites for hydroxylation is 1. The number of carbonyl (C=O) groups is 1. The molecule has 0 saturated heterocycles. The maximum Gasteiger partial charge on any atom is 0.275 e. The zero-order valence-electron chi connectivity index (χ0n) is 11.3. The van der Waals surface area contributed by atoms with Gasteiger partial charge in [-0.25, -0.2) is 4.99 Å². The molecule has 1 aliphatic heterocycles. The van der Waals surface area contributed by atoms with Crippen LogP contribution in [0.2, 0.25) is 0 Å². The van der Waals surface area contributed by atoms with Crippen LogP contribution in [0.3, 0.4) is 0 Å². The van der Waals surface area contributed by atoms with Crippen LogP contribution in [-0.2, 0) is 4.79 Å². The van der Waals surface area contributed by atoms with Crippen LogP contribution in [0.4, 0.5) is 11.4 Å². The summed E-state index contributed by atoms with van der Waals surface area (Å²) < 4.78 is 5.26. The highest BCUT2D eigenvalue weighted by Gasteiger charge is 2.26. The Morgan fingerprint density at radius 3 is 2.75 bits per heavy atom. The Kier molecular flexibility index (Phi) is 2.99. The Bertz CT molecular complexity index is 720. The first kappa shape index (κ1) is 12.4. The molecule has 20 heavy (non-hydrogen) atoms. The summed E-state index contributed by atoms with van der Waals surface area (Å²) in [5.74, 6) is 0.463. The van der Waals surface area contributed by atoms with Crippen molar-refractivity contribution in [2.45, 2.75) is 6.92 Å². The molecule has 0 atom stereocenters. The van der Waals surface area contributed by atoms with Crippen molar-refractivity contribution >= 4 is 23.0 Å². The van der Waals surface area contributed by atoms with E-state index >= 15 is 0 Å². The normalized spacial score (nSPS) is 15.1. The Morgan fingerprint density at radius 2 is 1.95 bits per heavy atom. The number of para-hydroxylation sites is 2. The Morgan fingerprint density at radius 1 is 1.15 bits per heavy atom. The highest BCUT2D eigenvalue weighted by molar-refractivity contribution is 6.54. The number of aliphatic imine (C=N–C) groups is 1. The number of anilines is 1. The van der Waals surface area contributed by atoms with Crippen LogP contribution in [0.15, 0.2) is 47.5 Å². The Balaban J connectivity index is 2.13. The van der Waals surface area contributed by atoms with Crippen LogP contribution < -0.4 is 10.1 Å². The first-order valence-electron chi connectivity index (χ1n) is 6.33. The zero-order valence-corrected chi connectivity index (χ0v) is 11.3. The van der Waals surface area contributed by atoms with Crippen molar-refractivity contribution in [3.8, 4) is 5.75 Å². The molecule has 1 heterocycles. The molecule has 3 rings (SSSR count). The minimum atomic E-state index is -0.184. The molecule has 2 aromatic carbocycles. The second-order valence-corrected chi connectivity index (χ2v) is 4.64. The number of carbonyl (C=O) groups excluding carboxylic acids is 1. The number of benzene rings is 2. The molecule has 0 radical (unpaired) electrons. The van der Waals surface area contributed by atoms with Crippen molar-refractivity contribution in [3.63, 3.8) is 0 Å². The van der Waals surface area contributed by atoms with E-state index in [0.29, 0.717) is 17.1 Å². The van der Waals surface area contributed by atoms with E-state index in [0.717, 1.165) is 16.8 Å². The molecule has 1 amide bonds. The number of nitrogens with zero attached hydrogens (tertiary/aromatic N) is 1. The third kappa shape index (κ3) is 2.05. The van der Waals surface area contributed by atoms with E-state index in [9.17, 15) is 4.79 Å². The van der Waals surface area contributed by atoms with Crippen LogP contribution >= 0.6 is 0 Å². The monoisotopic (exact) mass is 266 g/mol. The second-order valence-electron chi connectivity index (χ2n) is 4.64. The summed E-state index contributed by atoms with van der Waals surface area (Å²) >= 11 is 0. The number of fused-ring (bicyclic) bond motifs is 1. The van der Waals surface area contributed by atoms with Crippen LogP contribution in [0.5, 0.6) is 5.75 Å². The van der Waals surface area contributed by atoms with E-state index < -0.39 is 0 Å². The van der Waals surface area contributed by atoms with Crippen molar-refractivity contribution in [1.82, 2.24) is 0 Å². The van der Waals surface area contributed by atoms with Crippen molar-refractivity contribution in [1.29, 1.82) is 0 Å². The number of hydrogen-bond acceptors (Lipinski definition) is 3. The quantitative estimate of drug-likeness (QED) is 0.908. The van der Waals surface area contributed by atoms with Gasteiger partial charge in [0.15, 0.2) is 0 Å². The minimum Gasteiger partial charge on any atom is -0.494 e. The number of rotatable bonds is 2. The van der Waals surface area contributed by atoms with Crippen LogP contribution in [0.1, 0.15) is 11.1 Å². The molecule has 0 spiro atoms. The lowest BCUT2D eigenvalue weighted by Crippen LogP contribution is -2.14. The Labute approximate surface area is 117 Å². The van der Waals surface area contributed by atoms with Crippen molar-refractivity contribution in [3.05, 3.63) is 53.6 Å². The third-order valence-electron chi connectivity index (χ3n) is 3.21. The van der Waals surface area contributed by atoms with E-state index in [4.69, 9.17) is 4.74 Å². The lowest BCUT2D eigenvalue weighted by Gasteiger charge is -2.04. The standard InChI is InChI=1S/C16H14N2O2/c1-10-7-8-12-11(9-10)15(16(19)18-12)17-13-5-3-4-6-14(13)20-2/h3-9H,1-2H3,(H,17,18,19). The van der Waals surface area contributed by atoms with Gasteiger partial charge in [0, 0.05) is 5.56 Å². The topological polar surface area (TPSA) is 50.7 Å². The van der Waals surface area contributed by atoms with Gasteiger partial charge in [-0.05, 0) is 31.2 Å². The molecule has 0 aliphatic carbocycles. The predicted octanol–water partition coefficient (Wildman–Crippen LogP) is 3.08. The summed E-state index contributed by atoms with van der Waals surface area (Å²) in [5, 5.41) is 2.82. The highest BCUT2D eigenvalue weighted by atomic mass is 16.5. The van der Waals surface area contributed by atoms with Crippen molar-refractivity contribution in [2.24, 2.45) is 4.99 Å². The fourth-order valence-corrected chi connectivity index (χ4v) is 2.22. The van der Waals surface area contributed by atoms with E-state index in [1.54, 1.807) is 7.11 Å². The van der Waals surface area contributed by atoms with Gasteiger partial charge in [-0.15, -0.1) is 0 Å². The third-order valence-corrected chi connectivity index (χ3v) is 3.21. The summed E-state index contributed by atoms with van der Waals surface area (Å²) in [6.07, 6.45) is 0. The maximum atomic E-state index is 12.1. The largest absolute Gasteiger partial charge is 0.494 e. The smallest absolute Gasteiger partial charge is 0.275 e. The molecule has 0 fully saturated rings. The predicted molar refractivity (Wildman–Crippen MR) is 79.0 cm³/mol. The van der Waals surface area contributed by atoms with Gasteiger partial charge < -0.3 is 10.1 Å². The fraction of sp³-hybridized carbons (Fsp3) is 0.125. The molecule has 4 heteroatoms.